The van der Waals surface area contributed by atoms with Gasteiger partial charge in [0.25, 0.3) is 0 Å². The summed E-state index contributed by atoms with van der Waals surface area (Å²) in [7, 11) is 1.91. The van der Waals surface area contributed by atoms with E-state index < -0.39 is 0 Å². The fourth-order valence-corrected chi connectivity index (χ4v) is 4.04. The van der Waals surface area contributed by atoms with Gasteiger partial charge in [-0.15, -0.1) is 11.3 Å². The molecule has 0 N–H and O–H groups in total. The zero-order chi connectivity index (χ0) is 16.0. The Morgan fingerprint density at radius 3 is 2.87 bits per heavy atom. The monoisotopic (exact) mass is 329 g/mol. The van der Waals surface area contributed by atoms with Crippen molar-refractivity contribution in [2.45, 2.75) is 19.9 Å². The molecular formula is C15H19N7S. The lowest BCUT2D eigenvalue weighted by molar-refractivity contribution is 0.547. The van der Waals surface area contributed by atoms with Crippen molar-refractivity contribution in [3.05, 3.63) is 23.6 Å². The van der Waals surface area contributed by atoms with Crippen LogP contribution in [-0.4, -0.2) is 50.4 Å². The van der Waals surface area contributed by atoms with E-state index >= 15 is 0 Å². The lowest BCUT2D eigenvalue weighted by atomic mass is 10.2. The maximum Gasteiger partial charge on any atom is 0.185 e. The number of nitrogens with zero attached hydrogens (tertiary/aromatic N) is 7. The number of hydrogen-bond acceptors (Lipinski definition) is 7. The number of fused-ring (bicyclic) bond motifs is 1. The summed E-state index contributed by atoms with van der Waals surface area (Å²) in [6, 6.07) is 0.385. The van der Waals surface area contributed by atoms with Gasteiger partial charge in [-0.3, -0.25) is 4.68 Å². The number of anilines is 2. The van der Waals surface area contributed by atoms with Crippen molar-refractivity contribution in [1.82, 2.24) is 24.7 Å². The second-order valence-corrected chi connectivity index (χ2v) is 6.80. The Morgan fingerprint density at radius 2 is 2.13 bits per heavy atom. The smallest absolute Gasteiger partial charge is 0.185 e. The molecule has 7 nitrogen and oxygen atoms in total. The van der Waals surface area contributed by atoms with E-state index in [1.807, 2.05) is 20.2 Å². The molecule has 23 heavy (non-hydrogen) atoms. The Hall–Kier alpha value is -2.22. The summed E-state index contributed by atoms with van der Waals surface area (Å²) in [5.74, 6) is 0.977. The van der Waals surface area contributed by atoms with E-state index in [-0.39, 0.29) is 0 Å². The molecule has 3 aromatic heterocycles. The normalized spacial score (nSPS) is 18.8. The van der Waals surface area contributed by atoms with Crippen LogP contribution >= 0.6 is 11.3 Å². The number of hydrogen-bond donors (Lipinski definition) is 0. The van der Waals surface area contributed by atoms with Gasteiger partial charge < -0.3 is 9.80 Å². The van der Waals surface area contributed by atoms with Gasteiger partial charge >= 0.3 is 0 Å². The van der Waals surface area contributed by atoms with Gasteiger partial charge in [-0.2, -0.15) is 5.10 Å². The standard InChI is InChI=1S/C15H19N7S/c1-10-8-23-15(19-10)22-5-4-21(7-11(22)2)14-12-6-18-20(3)13(12)16-9-17-14/h6,8-9,11H,4-5,7H2,1-3H3/t11-/m0/s1. The number of piperazine rings is 1. The largest absolute Gasteiger partial charge is 0.352 e. The van der Waals surface area contributed by atoms with Crippen LogP contribution in [0, 0.1) is 6.92 Å². The first-order valence-electron chi connectivity index (χ1n) is 7.70. The van der Waals surface area contributed by atoms with Crippen molar-refractivity contribution in [1.29, 1.82) is 0 Å². The van der Waals surface area contributed by atoms with E-state index in [4.69, 9.17) is 0 Å². The topological polar surface area (TPSA) is 63.0 Å². The molecule has 8 heteroatoms. The number of thiazole rings is 1. The fourth-order valence-electron chi connectivity index (χ4n) is 3.11. The van der Waals surface area contributed by atoms with Crippen molar-refractivity contribution < 1.29 is 0 Å². The Bertz CT molecular complexity index is 839. The lowest BCUT2D eigenvalue weighted by Crippen LogP contribution is -2.52. The molecule has 4 rings (SSSR count). The van der Waals surface area contributed by atoms with Crippen LogP contribution in [0.3, 0.4) is 0 Å². The van der Waals surface area contributed by atoms with E-state index in [1.54, 1.807) is 22.3 Å². The highest BCUT2D eigenvalue weighted by Crippen LogP contribution is 2.28. The van der Waals surface area contributed by atoms with Gasteiger partial charge in [0, 0.05) is 38.1 Å². The molecule has 0 unspecified atom stereocenters. The molecule has 0 spiro atoms. The minimum atomic E-state index is 0.385. The molecule has 3 aromatic rings. The summed E-state index contributed by atoms with van der Waals surface area (Å²) in [4.78, 5) is 18.2. The number of aromatic nitrogens is 5. The van der Waals surface area contributed by atoms with Gasteiger partial charge in [0.1, 0.15) is 12.1 Å². The summed E-state index contributed by atoms with van der Waals surface area (Å²) in [6.07, 6.45) is 3.48. The van der Waals surface area contributed by atoms with E-state index in [9.17, 15) is 0 Å². The van der Waals surface area contributed by atoms with E-state index in [2.05, 4.69) is 42.2 Å². The van der Waals surface area contributed by atoms with Crippen LogP contribution in [-0.2, 0) is 7.05 Å². The zero-order valence-electron chi connectivity index (χ0n) is 13.5. The van der Waals surface area contributed by atoms with Gasteiger partial charge in [-0.1, -0.05) is 0 Å². The van der Waals surface area contributed by atoms with Crippen LogP contribution in [0.15, 0.2) is 17.9 Å². The molecule has 0 amide bonds. The molecule has 0 saturated carbocycles. The van der Waals surface area contributed by atoms with Crippen LogP contribution < -0.4 is 9.80 Å². The number of aryl methyl sites for hydroxylation is 2. The minimum absolute atomic E-state index is 0.385. The molecule has 1 aliphatic rings. The maximum atomic E-state index is 4.62. The maximum absolute atomic E-state index is 4.62. The zero-order valence-corrected chi connectivity index (χ0v) is 14.3. The SMILES string of the molecule is Cc1csc(N2CCN(c3ncnc4c3cnn4C)C[C@@H]2C)n1. The average Bonchev–Trinajstić information content (AvgIpc) is 3.14. The molecule has 120 valence electrons. The summed E-state index contributed by atoms with van der Waals surface area (Å²) in [5, 5.41) is 8.54. The molecule has 1 fully saturated rings. The fraction of sp³-hybridized carbons (Fsp3) is 0.467. The summed E-state index contributed by atoms with van der Waals surface area (Å²) >= 11 is 1.72. The van der Waals surface area contributed by atoms with E-state index in [1.165, 1.54) is 0 Å². The third kappa shape index (κ3) is 2.42. The second-order valence-electron chi connectivity index (χ2n) is 5.96. The van der Waals surface area contributed by atoms with Gasteiger partial charge in [-0.05, 0) is 13.8 Å². The van der Waals surface area contributed by atoms with Crippen molar-refractivity contribution in [2.24, 2.45) is 7.05 Å². The first-order chi connectivity index (χ1) is 11.1. The Balaban J connectivity index is 1.60. The third-order valence-corrected chi connectivity index (χ3v) is 5.28. The molecule has 0 aliphatic carbocycles. The van der Waals surface area contributed by atoms with Gasteiger partial charge in [0.15, 0.2) is 10.8 Å². The number of rotatable bonds is 2. The lowest BCUT2D eigenvalue weighted by Gasteiger charge is -2.40. The Kier molecular flexibility index (Phi) is 3.41. The summed E-state index contributed by atoms with van der Waals surface area (Å²) in [6.45, 7) is 7.06. The highest BCUT2D eigenvalue weighted by molar-refractivity contribution is 7.13. The Morgan fingerprint density at radius 1 is 1.26 bits per heavy atom. The van der Waals surface area contributed by atoms with Crippen LogP contribution in [0.25, 0.3) is 11.0 Å². The Labute approximate surface area is 138 Å². The highest BCUT2D eigenvalue weighted by Gasteiger charge is 2.27. The molecular weight excluding hydrogens is 310 g/mol. The first kappa shape index (κ1) is 14.4. The van der Waals surface area contributed by atoms with Gasteiger partial charge in [-0.25, -0.2) is 15.0 Å². The van der Waals surface area contributed by atoms with Crippen molar-refractivity contribution in [3.63, 3.8) is 0 Å². The molecule has 0 bridgehead atoms. The van der Waals surface area contributed by atoms with Gasteiger partial charge in [0.05, 0.1) is 17.3 Å². The van der Waals surface area contributed by atoms with Crippen LogP contribution in [0.5, 0.6) is 0 Å². The van der Waals surface area contributed by atoms with Gasteiger partial charge in [0.2, 0.25) is 0 Å². The minimum Gasteiger partial charge on any atom is -0.352 e. The quantitative estimate of drug-likeness (QED) is 0.715. The molecule has 0 radical (unpaired) electrons. The molecule has 1 atom stereocenters. The molecule has 0 aromatic carbocycles. The van der Waals surface area contributed by atoms with Crippen molar-refractivity contribution >= 4 is 33.3 Å². The van der Waals surface area contributed by atoms with Crippen LogP contribution in [0.2, 0.25) is 0 Å². The van der Waals surface area contributed by atoms with E-state index in [0.29, 0.717) is 6.04 Å². The second kappa shape index (κ2) is 5.45. The summed E-state index contributed by atoms with van der Waals surface area (Å²) in [5.41, 5.74) is 1.97. The molecule has 1 saturated heterocycles. The predicted molar refractivity (Wildman–Crippen MR) is 92.2 cm³/mol. The molecule has 4 heterocycles. The average molecular weight is 329 g/mol. The third-order valence-electron chi connectivity index (χ3n) is 4.29. The van der Waals surface area contributed by atoms with Crippen molar-refractivity contribution in [3.8, 4) is 0 Å². The van der Waals surface area contributed by atoms with Crippen LogP contribution in [0.1, 0.15) is 12.6 Å². The first-order valence-corrected chi connectivity index (χ1v) is 8.58. The van der Waals surface area contributed by atoms with Crippen molar-refractivity contribution in [2.75, 3.05) is 29.4 Å². The predicted octanol–water partition coefficient (Wildman–Crippen LogP) is 1.84. The highest BCUT2D eigenvalue weighted by atomic mass is 32.1. The van der Waals surface area contributed by atoms with E-state index in [0.717, 1.165) is 47.3 Å². The van der Waals surface area contributed by atoms with Crippen LogP contribution in [0.4, 0.5) is 10.9 Å². The summed E-state index contributed by atoms with van der Waals surface area (Å²) < 4.78 is 1.79. The molecule has 1 aliphatic heterocycles.